The summed E-state index contributed by atoms with van der Waals surface area (Å²) in [4.78, 5) is 4.24. The highest BCUT2D eigenvalue weighted by Gasteiger charge is 2.21. The van der Waals surface area contributed by atoms with Crippen LogP contribution in [0.3, 0.4) is 0 Å². The zero-order chi connectivity index (χ0) is 20.8. The molecule has 2 aromatic carbocycles. The van der Waals surface area contributed by atoms with E-state index in [4.69, 9.17) is 9.47 Å². The highest BCUT2D eigenvalue weighted by molar-refractivity contribution is 14.0. The number of nitrogens with zero attached hydrogens (tertiary/aromatic N) is 1. The zero-order valence-electron chi connectivity index (χ0n) is 17.5. The van der Waals surface area contributed by atoms with Gasteiger partial charge in [0.05, 0.1) is 13.2 Å². The van der Waals surface area contributed by atoms with Gasteiger partial charge in [-0.1, -0.05) is 6.07 Å². The van der Waals surface area contributed by atoms with Gasteiger partial charge in [-0.3, -0.25) is 4.99 Å². The van der Waals surface area contributed by atoms with Gasteiger partial charge in [0.1, 0.15) is 23.4 Å². The van der Waals surface area contributed by atoms with E-state index in [0.717, 1.165) is 29.0 Å². The minimum atomic E-state index is -0.407. The van der Waals surface area contributed by atoms with Crippen molar-refractivity contribution in [3.05, 3.63) is 58.4 Å². The highest BCUT2D eigenvalue weighted by Crippen LogP contribution is 2.35. The molecule has 0 spiro atoms. The predicted octanol–water partition coefficient (Wildman–Crippen LogP) is 3.52. The minimum absolute atomic E-state index is 0. The minimum Gasteiger partial charge on any atom is -0.494 e. The number of rotatable bonds is 7. The maximum atomic E-state index is 13.5. The summed E-state index contributed by atoms with van der Waals surface area (Å²) in [6, 6.07) is 8.77. The summed E-state index contributed by atoms with van der Waals surface area (Å²) in [5.41, 5.74) is 3.30. The van der Waals surface area contributed by atoms with Crippen LogP contribution in [0.1, 0.15) is 36.1 Å². The second kappa shape index (κ2) is 11.4. The molecule has 30 heavy (non-hydrogen) atoms. The molecule has 1 aliphatic rings. The fourth-order valence-corrected chi connectivity index (χ4v) is 3.35. The lowest BCUT2D eigenvalue weighted by molar-refractivity contribution is 0.254. The molecule has 1 atom stereocenters. The van der Waals surface area contributed by atoms with Crippen molar-refractivity contribution in [1.82, 2.24) is 10.6 Å². The summed E-state index contributed by atoms with van der Waals surface area (Å²) >= 11 is 0. The lowest BCUT2D eigenvalue weighted by atomic mass is 10.1. The summed E-state index contributed by atoms with van der Waals surface area (Å²) in [5, 5.41) is 15.7. The van der Waals surface area contributed by atoms with Crippen molar-refractivity contribution in [3.63, 3.8) is 0 Å². The van der Waals surface area contributed by atoms with Crippen molar-refractivity contribution in [1.29, 1.82) is 0 Å². The largest absolute Gasteiger partial charge is 0.494 e. The number of aliphatic hydroxyl groups excluding tert-OH is 1. The molecule has 0 aromatic heterocycles. The third kappa shape index (κ3) is 5.98. The fourth-order valence-electron chi connectivity index (χ4n) is 3.35. The maximum Gasteiger partial charge on any atom is 0.191 e. The molecule has 0 fully saturated rings. The van der Waals surface area contributed by atoms with Crippen LogP contribution in [0.2, 0.25) is 0 Å². The number of nitrogens with one attached hydrogen (secondary N) is 2. The van der Waals surface area contributed by atoms with Gasteiger partial charge < -0.3 is 25.2 Å². The van der Waals surface area contributed by atoms with E-state index in [9.17, 15) is 9.50 Å². The Bertz CT molecular complexity index is 892. The number of guanidine groups is 1. The Balaban J connectivity index is 0.00000320. The second-order valence-electron chi connectivity index (χ2n) is 7.00. The Morgan fingerprint density at radius 3 is 2.70 bits per heavy atom. The third-order valence-corrected chi connectivity index (χ3v) is 4.79. The van der Waals surface area contributed by atoms with Gasteiger partial charge in [-0.15, -0.1) is 24.0 Å². The molecule has 0 bridgehead atoms. The number of hydrogen-bond acceptors (Lipinski definition) is 4. The summed E-state index contributed by atoms with van der Waals surface area (Å²) in [6.07, 6.45) is 1.07. The number of halogens is 2. The normalized spacial score (nSPS) is 15.1. The Kier molecular flexibility index (Phi) is 9.16. The molecular weight excluding hydrogens is 500 g/mol. The lowest BCUT2D eigenvalue weighted by Gasteiger charge is -2.16. The van der Waals surface area contributed by atoms with Crippen LogP contribution in [-0.2, 0) is 26.1 Å². The van der Waals surface area contributed by atoms with Gasteiger partial charge in [0.2, 0.25) is 0 Å². The first-order chi connectivity index (χ1) is 14.0. The molecule has 0 aliphatic carbocycles. The molecule has 6 nitrogen and oxygen atoms in total. The molecule has 0 radical (unpaired) electrons. The monoisotopic (exact) mass is 529 g/mol. The Morgan fingerprint density at radius 2 is 2.00 bits per heavy atom. The van der Waals surface area contributed by atoms with E-state index >= 15 is 0 Å². The van der Waals surface area contributed by atoms with Crippen LogP contribution in [0, 0.1) is 5.82 Å². The van der Waals surface area contributed by atoms with Crippen LogP contribution in [0.5, 0.6) is 11.5 Å². The molecule has 2 aromatic rings. The molecule has 3 N–H and O–H groups in total. The zero-order valence-corrected chi connectivity index (χ0v) is 19.8. The van der Waals surface area contributed by atoms with Crippen LogP contribution in [0.25, 0.3) is 0 Å². The molecule has 0 amide bonds. The summed E-state index contributed by atoms with van der Waals surface area (Å²) < 4.78 is 25.2. The summed E-state index contributed by atoms with van der Waals surface area (Å²) in [6.45, 7) is 5.26. The standard InChI is InChI=1S/C22H28FN3O3.HI/c1-4-28-20-9-16-7-14(2)29-21(16)10-17(20)12-26-22(24-3)25-11-15-5-6-19(23)18(8-15)13-27;/h5-6,8-10,14,27H,4,7,11-13H2,1-3H3,(H2,24,25,26);1H. The van der Waals surface area contributed by atoms with Crippen LogP contribution < -0.4 is 20.1 Å². The van der Waals surface area contributed by atoms with E-state index in [0.29, 0.717) is 25.7 Å². The fraction of sp³-hybridized carbons (Fsp3) is 0.409. The molecule has 1 aliphatic heterocycles. The van der Waals surface area contributed by atoms with Gasteiger partial charge in [0, 0.05) is 43.2 Å². The van der Waals surface area contributed by atoms with Crippen molar-refractivity contribution in [2.24, 2.45) is 4.99 Å². The predicted molar refractivity (Wildman–Crippen MR) is 126 cm³/mol. The van der Waals surface area contributed by atoms with Crippen molar-refractivity contribution in [2.45, 2.75) is 46.1 Å². The maximum absolute atomic E-state index is 13.5. The first-order valence-corrected chi connectivity index (χ1v) is 9.82. The molecule has 0 saturated carbocycles. The molecule has 0 saturated heterocycles. The van der Waals surface area contributed by atoms with Crippen molar-refractivity contribution < 1.29 is 19.0 Å². The number of hydrogen-bond donors (Lipinski definition) is 3. The number of aliphatic hydroxyl groups is 1. The summed E-state index contributed by atoms with van der Waals surface area (Å²) in [5.74, 6) is 1.95. The van der Waals surface area contributed by atoms with E-state index in [1.54, 1.807) is 19.2 Å². The topological polar surface area (TPSA) is 75.1 Å². The van der Waals surface area contributed by atoms with Crippen molar-refractivity contribution in [3.8, 4) is 11.5 Å². The van der Waals surface area contributed by atoms with Crippen molar-refractivity contribution in [2.75, 3.05) is 13.7 Å². The van der Waals surface area contributed by atoms with Gasteiger partial charge in [0.25, 0.3) is 0 Å². The second-order valence-corrected chi connectivity index (χ2v) is 7.00. The van der Waals surface area contributed by atoms with Crippen LogP contribution in [0.15, 0.2) is 35.3 Å². The Morgan fingerprint density at radius 1 is 1.23 bits per heavy atom. The number of fused-ring (bicyclic) bond motifs is 1. The van der Waals surface area contributed by atoms with Crippen LogP contribution >= 0.6 is 24.0 Å². The van der Waals surface area contributed by atoms with Gasteiger partial charge in [-0.25, -0.2) is 4.39 Å². The van der Waals surface area contributed by atoms with E-state index in [-0.39, 0.29) is 42.3 Å². The third-order valence-electron chi connectivity index (χ3n) is 4.79. The van der Waals surface area contributed by atoms with Gasteiger partial charge >= 0.3 is 0 Å². The average molecular weight is 529 g/mol. The van der Waals surface area contributed by atoms with Crippen LogP contribution in [-0.4, -0.2) is 30.8 Å². The smallest absolute Gasteiger partial charge is 0.191 e. The molecule has 8 heteroatoms. The number of benzene rings is 2. The van der Waals surface area contributed by atoms with Crippen LogP contribution in [0.4, 0.5) is 4.39 Å². The molecule has 164 valence electrons. The lowest BCUT2D eigenvalue weighted by Crippen LogP contribution is -2.36. The molecule has 1 unspecified atom stereocenters. The van der Waals surface area contributed by atoms with Crippen molar-refractivity contribution >= 4 is 29.9 Å². The Hall–Kier alpha value is -2.07. The Labute approximate surface area is 193 Å². The highest BCUT2D eigenvalue weighted by atomic mass is 127. The molecule has 1 heterocycles. The molecular formula is C22H29FIN3O3. The van der Waals surface area contributed by atoms with Gasteiger partial charge in [-0.05, 0) is 43.7 Å². The van der Waals surface area contributed by atoms with E-state index < -0.39 is 5.82 Å². The SMILES string of the molecule is CCOc1cc2c(cc1CNC(=NC)NCc1ccc(F)c(CO)c1)OC(C)C2.I. The first-order valence-electron chi connectivity index (χ1n) is 9.82. The first kappa shape index (κ1) is 24.2. The molecule has 3 rings (SSSR count). The van der Waals surface area contributed by atoms with E-state index in [1.807, 2.05) is 13.0 Å². The van der Waals surface area contributed by atoms with E-state index in [1.165, 1.54) is 11.6 Å². The van der Waals surface area contributed by atoms with E-state index in [2.05, 4.69) is 28.6 Å². The average Bonchev–Trinajstić information content (AvgIpc) is 3.08. The number of ether oxygens (including phenoxy) is 2. The van der Waals surface area contributed by atoms with Gasteiger partial charge in [-0.2, -0.15) is 0 Å². The quantitative estimate of drug-likeness (QED) is 0.291. The number of aliphatic imine (C=N–C) groups is 1. The van der Waals surface area contributed by atoms with Gasteiger partial charge in [0.15, 0.2) is 5.96 Å². The summed E-state index contributed by atoms with van der Waals surface area (Å²) in [7, 11) is 1.69.